The van der Waals surface area contributed by atoms with Gasteiger partial charge in [0, 0.05) is 19.6 Å². The van der Waals surface area contributed by atoms with Crippen LogP contribution in [0, 0.1) is 18.6 Å². The number of aryl methyl sites for hydroxylation is 1. The summed E-state index contributed by atoms with van der Waals surface area (Å²) in [7, 11) is 0. The van der Waals surface area contributed by atoms with Crippen molar-refractivity contribution in [2.75, 3.05) is 31.5 Å². The Labute approximate surface area is 198 Å². The normalized spacial score (nSPS) is 18.1. The number of carboxylic acid groups (broad SMARTS) is 1. The number of aromatic carboxylic acids is 1. The summed E-state index contributed by atoms with van der Waals surface area (Å²) in [6, 6.07) is 1.63. The maximum absolute atomic E-state index is 14.0. The second-order valence-corrected chi connectivity index (χ2v) is 8.75. The molecule has 5 N–H and O–H groups in total. The molecule has 0 saturated carbocycles. The molecule has 1 aliphatic rings. The second-order valence-electron chi connectivity index (χ2n) is 7.98. The number of aliphatic hydroxyl groups excluding tert-OH is 2. The first-order chi connectivity index (χ1) is 16.2. The summed E-state index contributed by atoms with van der Waals surface area (Å²) in [5.41, 5.74) is -0.385. The highest BCUT2D eigenvalue weighted by Crippen LogP contribution is 2.31. The number of β-amino-alcohol motifs (C(OH)–C–C–N with tert-alkyl or cyclic N) is 2. The molecule has 34 heavy (non-hydrogen) atoms. The maximum Gasteiger partial charge on any atom is 0.344 e. The SMILES string of the molecule is Cc1cc(F)c(COc2nsc(NC(=O)NCCCCN3CC(O)C(O)C3)c2C(=O)O)c(F)c1. The molecule has 0 bridgehead atoms. The molecule has 2 heterocycles. The van der Waals surface area contributed by atoms with Gasteiger partial charge in [0.2, 0.25) is 5.88 Å². The summed E-state index contributed by atoms with van der Waals surface area (Å²) in [6.07, 6.45) is -0.122. The van der Waals surface area contributed by atoms with Gasteiger partial charge in [-0.25, -0.2) is 18.4 Å². The number of aromatic nitrogens is 1. The van der Waals surface area contributed by atoms with Crippen molar-refractivity contribution < 1.29 is 38.4 Å². The van der Waals surface area contributed by atoms with Gasteiger partial charge in [0.05, 0.1) is 17.8 Å². The Hall–Kier alpha value is -2.87. The summed E-state index contributed by atoms with van der Waals surface area (Å²) < 4.78 is 37.1. The number of carbonyl (C=O) groups is 2. The molecule has 1 aliphatic heterocycles. The highest BCUT2D eigenvalue weighted by Gasteiger charge is 2.28. The zero-order valence-corrected chi connectivity index (χ0v) is 19.2. The van der Waals surface area contributed by atoms with Crippen LogP contribution in [0.4, 0.5) is 18.6 Å². The van der Waals surface area contributed by atoms with Gasteiger partial charge < -0.3 is 25.4 Å². The number of unbranched alkanes of at least 4 members (excludes halogenated alkanes) is 1. The number of likely N-dealkylation sites (tertiary alicyclic amines) is 1. The first-order valence-corrected chi connectivity index (χ1v) is 11.4. The molecular weight excluding hydrogens is 474 g/mol. The van der Waals surface area contributed by atoms with Crippen molar-refractivity contribution in [3.05, 3.63) is 40.5 Å². The van der Waals surface area contributed by atoms with Crippen LogP contribution in [0.1, 0.15) is 34.3 Å². The number of benzene rings is 1. The number of nitrogens with one attached hydrogen (secondary N) is 2. The van der Waals surface area contributed by atoms with Crippen LogP contribution in [0.2, 0.25) is 0 Å². The van der Waals surface area contributed by atoms with E-state index in [4.69, 9.17) is 4.74 Å². The smallest absolute Gasteiger partial charge is 0.344 e. The lowest BCUT2D eigenvalue weighted by Gasteiger charge is -2.14. The number of ether oxygens (including phenoxy) is 1. The third kappa shape index (κ3) is 6.59. The molecule has 13 heteroatoms. The molecule has 2 atom stereocenters. The highest BCUT2D eigenvalue weighted by molar-refractivity contribution is 7.11. The van der Waals surface area contributed by atoms with Crippen molar-refractivity contribution in [1.82, 2.24) is 14.6 Å². The average molecular weight is 501 g/mol. The molecule has 1 fully saturated rings. The molecule has 0 radical (unpaired) electrons. The molecule has 1 aromatic heterocycles. The van der Waals surface area contributed by atoms with E-state index in [1.807, 2.05) is 4.90 Å². The van der Waals surface area contributed by atoms with Crippen molar-refractivity contribution in [3.8, 4) is 5.88 Å². The minimum absolute atomic E-state index is 0.0788. The van der Waals surface area contributed by atoms with E-state index in [0.29, 0.717) is 49.7 Å². The number of amides is 2. The van der Waals surface area contributed by atoms with Crippen molar-refractivity contribution in [2.24, 2.45) is 0 Å². The van der Waals surface area contributed by atoms with Crippen LogP contribution in [-0.2, 0) is 6.61 Å². The molecule has 3 rings (SSSR count). The molecular formula is C21H26F2N4O6S. The predicted molar refractivity (Wildman–Crippen MR) is 119 cm³/mol. The molecule has 10 nitrogen and oxygen atoms in total. The third-order valence-corrected chi connectivity index (χ3v) is 6.01. The van der Waals surface area contributed by atoms with E-state index in [-0.39, 0.29) is 16.4 Å². The van der Waals surface area contributed by atoms with Crippen LogP contribution in [0.3, 0.4) is 0 Å². The number of hydrogen-bond acceptors (Lipinski definition) is 8. The van der Waals surface area contributed by atoms with Gasteiger partial charge in [-0.15, -0.1) is 0 Å². The van der Waals surface area contributed by atoms with Gasteiger partial charge in [-0.2, -0.15) is 4.37 Å². The number of carbonyl (C=O) groups excluding carboxylic acids is 1. The Kier molecular flexibility index (Phi) is 8.72. The van der Waals surface area contributed by atoms with Gasteiger partial charge in [0.15, 0.2) is 5.56 Å². The quantitative estimate of drug-likeness (QED) is 0.312. The lowest BCUT2D eigenvalue weighted by Crippen LogP contribution is -2.30. The van der Waals surface area contributed by atoms with Crippen LogP contribution in [0.5, 0.6) is 5.88 Å². The van der Waals surface area contributed by atoms with Gasteiger partial charge in [0.1, 0.15) is 23.2 Å². The Balaban J connectivity index is 1.49. The summed E-state index contributed by atoms with van der Waals surface area (Å²) in [4.78, 5) is 25.8. The molecule has 1 aromatic carbocycles. The molecule has 186 valence electrons. The standard InChI is InChI=1S/C21H26F2N4O6S/c1-11-6-13(22)12(14(23)7-11)10-33-18-17(20(30)31)19(34-26-18)25-21(32)24-4-2-3-5-27-8-15(28)16(29)9-27/h6-7,15-16,28-29H,2-5,8-10H2,1H3,(H,30,31)(H2,24,25,32). The lowest BCUT2D eigenvalue weighted by atomic mass is 10.1. The van der Waals surface area contributed by atoms with Gasteiger partial charge in [-0.1, -0.05) is 0 Å². The molecule has 2 aromatic rings. The van der Waals surface area contributed by atoms with Crippen molar-refractivity contribution >= 4 is 28.5 Å². The minimum atomic E-state index is -1.42. The van der Waals surface area contributed by atoms with E-state index >= 15 is 0 Å². The van der Waals surface area contributed by atoms with Crippen LogP contribution >= 0.6 is 11.5 Å². The Morgan fingerprint density at radius 2 is 1.85 bits per heavy atom. The topological polar surface area (TPSA) is 144 Å². The third-order valence-electron chi connectivity index (χ3n) is 5.26. The van der Waals surface area contributed by atoms with Gasteiger partial charge in [-0.05, 0) is 55.5 Å². The lowest BCUT2D eigenvalue weighted by molar-refractivity contribution is 0.0572. The number of hydrogen-bond donors (Lipinski definition) is 5. The highest BCUT2D eigenvalue weighted by atomic mass is 32.1. The van der Waals surface area contributed by atoms with Gasteiger partial charge in [-0.3, -0.25) is 10.2 Å². The van der Waals surface area contributed by atoms with Crippen LogP contribution < -0.4 is 15.4 Å². The Bertz CT molecular complexity index is 1000. The average Bonchev–Trinajstić information content (AvgIpc) is 3.29. The zero-order chi connectivity index (χ0) is 24.8. The Morgan fingerprint density at radius 3 is 2.47 bits per heavy atom. The largest absolute Gasteiger partial charge is 0.477 e. The first-order valence-electron chi connectivity index (χ1n) is 10.6. The van der Waals surface area contributed by atoms with Crippen LogP contribution in [0.15, 0.2) is 12.1 Å². The fourth-order valence-electron chi connectivity index (χ4n) is 3.50. The monoisotopic (exact) mass is 500 g/mol. The number of anilines is 1. The van der Waals surface area contributed by atoms with Crippen LogP contribution in [-0.4, -0.2) is 75.0 Å². The van der Waals surface area contributed by atoms with E-state index in [1.54, 1.807) is 0 Å². The second kappa shape index (κ2) is 11.5. The summed E-state index contributed by atoms with van der Waals surface area (Å²) in [5.74, 6) is -3.42. The fourth-order valence-corrected chi connectivity index (χ4v) is 4.22. The van der Waals surface area contributed by atoms with Crippen molar-refractivity contribution in [1.29, 1.82) is 0 Å². The zero-order valence-electron chi connectivity index (χ0n) is 18.4. The molecule has 0 aliphatic carbocycles. The first kappa shape index (κ1) is 25.7. The summed E-state index contributed by atoms with van der Waals surface area (Å²) in [6.45, 7) is 2.77. The summed E-state index contributed by atoms with van der Waals surface area (Å²) >= 11 is 0.670. The van der Waals surface area contributed by atoms with E-state index < -0.39 is 48.0 Å². The van der Waals surface area contributed by atoms with E-state index in [2.05, 4.69) is 15.0 Å². The molecule has 1 saturated heterocycles. The molecule has 2 unspecified atom stereocenters. The molecule has 0 spiro atoms. The minimum Gasteiger partial charge on any atom is -0.477 e. The maximum atomic E-state index is 14.0. The number of nitrogens with zero attached hydrogens (tertiary/aromatic N) is 2. The summed E-state index contributed by atoms with van der Waals surface area (Å²) in [5, 5.41) is 33.5. The Morgan fingerprint density at radius 1 is 1.21 bits per heavy atom. The van der Waals surface area contributed by atoms with Gasteiger partial charge in [0.25, 0.3) is 0 Å². The number of carboxylic acids is 1. The van der Waals surface area contributed by atoms with Crippen molar-refractivity contribution in [3.63, 3.8) is 0 Å². The van der Waals surface area contributed by atoms with E-state index in [1.165, 1.54) is 6.92 Å². The van der Waals surface area contributed by atoms with Crippen molar-refractivity contribution in [2.45, 2.75) is 38.6 Å². The van der Waals surface area contributed by atoms with E-state index in [0.717, 1.165) is 18.6 Å². The predicted octanol–water partition coefficient (Wildman–Crippen LogP) is 1.95. The fraction of sp³-hybridized carbons (Fsp3) is 0.476. The van der Waals surface area contributed by atoms with Crippen LogP contribution in [0.25, 0.3) is 0 Å². The van der Waals surface area contributed by atoms with E-state index in [9.17, 15) is 33.7 Å². The number of urea groups is 1. The van der Waals surface area contributed by atoms with Gasteiger partial charge >= 0.3 is 12.0 Å². The number of halogens is 2. The molecule has 2 amide bonds. The number of aliphatic hydroxyl groups is 2. The number of rotatable bonds is 10.